The Labute approximate surface area is 76.1 Å². The van der Waals surface area contributed by atoms with Crippen LogP contribution in [0, 0.1) is 0 Å². The van der Waals surface area contributed by atoms with E-state index in [-0.39, 0.29) is 0 Å². The van der Waals surface area contributed by atoms with Gasteiger partial charge >= 0.3 is 6.09 Å². The molecule has 70 valence electrons. The van der Waals surface area contributed by atoms with Gasteiger partial charge in [-0.15, -0.1) is 0 Å². The Bertz CT molecular complexity index is 299. The standard InChI is InChI=1S/C9H11NO3/c1-13-8-4-2-3-7(5-8)6-10-9(11)12/h2-5,10H,6H2,1H3,(H,11,12). The van der Waals surface area contributed by atoms with E-state index in [4.69, 9.17) is 9.84 Å². The first kappa shape index (κ1) is 9.38. The zero-order valence-corrected chi connectivity index (χ0v) is 7.28. The SMILES string of the molecule is COc1cccc(CNC(=O)O)c1. The van der Waals surface area contributed by atoms with Crippen LogP contribution in [0.25, 0.3) is 0 Å². The van der Waals surface area contributed by atoms with Crippen molar-refractivity contribution in [1.29, 1.82) is 0 Å². The minimum atomic E-state index is -1.03. The van der Waals surface area contributed by atoms with Crippen molar-refractivity contribution < 1.29 is 14.6 Å². The monoisotopic (exact) mass is 181 g/mol. The largest absolute Gasteiger partial charge is 0.497 e. The number of carboxylic acid groups (broad SMARTS) is 1. The van der Waals surface area contributed by atoms with Crippen LogP contribution in [0.1, 0.15) is 5.56 Å². The summed E-state index contributed by atoms with van der Waals surface area (Å²) < 4.78 is 4.99. The van der Waals surface area contributed by atoms with Gasteiger partial charge in [-0.2, -0.15) is 0 Å². The first-order valence-electron chi connectivity index (χ1n) is 3.82. The van der Waals surface area contributed by atoms with Gasteiger partial charge in [-0.1, -0.05) is 12.1 Å². The maximum atomic E-state index is 10.2. The van der Waals surface area contributed by atoms with Crippen molar-refractivity contribution in [3.05, 3.63) is 29.8 Å². The van der Waals surface area contributed by atoms with Crippen LogP contribution in [0.15, 0.2) is 24.3 Å². The molecule has 0 spiro atoms. The Hall–Kier alpha value is -1.71. The van der Waals surface area contributed by atoms with Gasteiger partial charge in [0.05, 0.1) is 7.11 Å². The molecule has 1 aromatic rings. The summed E-state index contributed by atoms with van der Waals surface area (Å²) in [6.45, 7) is 0.298. The number of carbonyl (C=O) groups is 1. The molecule has 0 fully saturated rings. The first-order valence-corrected chi connectivity index (χ1v) is 3.82. The number of hydrogen-bond donors (Lipinski definition) is 2. The molecule has 0 saturated heterocycles. The highest BCUT2D eigenvalue weighted by atomic mass is 16.5. The van der Waals surface area contributed by atoms with E-state index in [1.807, 2.05) is 18.2 Å². The molecule has 0 aliphatic rings. The second-order valence-electron chi connectivity index (χ2n) is 2.51. The zero-order valence-electron chi connectivity index (χ0n) is 7.28. The number of amides is 1. The summed E-state index contributed by atoms with van der Waals surface area (Å²) in [5.74, 6) is 0.727. The molecule has 0 unspecified atom stereocenters. The molecule has 0 bridgehead atoms. The van der Waals surface area contributed by atoms with Crippen LogP contribution in [0.5, 0.6) is 5.75 Å². The lowest BCUT2D eigenvalue weighted by Crippen LogP contribution is -2.19. The predicted octanol–water partition coefficient (Wildman–Crippen LogP) is 1.46. The number of rotatable bonds is 3. The molecular formula is C9H11NO3. The van der Waals surface area contributed by atoms with Crippen molar-refractivity contribution in [2.24, 2.45) is 0 Å². The summed E-state index contributed by atoms with van der Waals surface area (Å²) in [5, 5.41) is 10.6. The van der Waals surface area contributed by atoms with Gasteiger partial charge in [0.2, 0.25) is 0 Å². The normalized spacial score (nSPS) is 9.31. The fourth-order valence-electron chi connectivity index (χ4n) is 0.960. The smallest absolute Gasteiger partial charge is 0.404 e. The molecule has 0 saturated carbocycles. The molecule has 0 atom stereocenters. The van der Waals surface area contributed by atoms with Gasteiger partial charge in [0.15, 0.2) is 0 Å². The molecule has 4 nitrogen and oxygen atoms in total. The average molecular weight is 181 g/mol. The van der Waals surface area contributed by atoms with Gasteiger partial charge in [-0.25, -0.2) is 4.79 Å². The second-order valence-corrected chi connectivity index (χ2v) is 2.51. The van der Waals surface area contributed by atoms with Crippen LogP contribution in [-0.4, -0.2) is 18.3 Å². The second kappa shape index (κ2) is 4.35. The van der Waals surface area contributed by atoms with Crippen LogP contribution in [-0.2, 0) is 6.54 Å². The van der Waals surface area contributed by atoms with Gasteiger partial charge in [-0.3, -0.25) is 0 Å². The zero-order chi connectivity index (χ0) is 9.68. The average Bonchev–Trinajstić information content (AvgIpc) is 2.15. The molecule has 0 aliphatic heterocycles. The summed E-state index contributed by atoms with van der Waals surface area (Å²) in [4.78, 5) is 10.2. The van der Waals surface area contributed by atoms with Crippen LogP contribution in [0.2, 0.25) is 0 Å². The number of nitrogens with one attached hydrogen (secondary N) is 1. The molecule has 0 heterocycles. The molecule has 2 N–H and O–H groups in total. The van der Waals surface area contributed by atoms with E-state index in [0.29, 0.717) is 6.54 Å². The van der Waals surface area contributed by atoms with Crippen LogP contribution >= 0.6 is 0 Å². The van der Waals surface area contributed by atoms with E-state index < -0.39 is 6.09 Å². The Morgan fingerprint density at radius 2 is 2.38 bits per heavy atom. The number of methoxy groups -OCH3 is 1. The number of hydrogen-bond acceptors (Lipinski definition) is 2. The lowest BCUT2D eigenvalue weighted by molar-refractivity contribution is 0.194. The van der Waals surface area contributed by atoms with Crippen LogP contribution < -0.4 is 10.1 Å². The van der Waals surface area contributed by atoms with Crippen LogP contribution in [0.3, 0.4) is 0 Å². The van der Waals surface area contributed by atoms with Crippen molar-refractivity contribution in [3.63, 3.8) is 0 Å². The Kier molecular flexibility index (Phi) is 3.14. The molecular weight excluding hydrogens is 170 g/mol. The molecule has 0 radical (unpaired) electrons. The number of ether oxygens (including phenoxy) is 1. The van der Waals surface area contributed by atoms with Crippen molar-refractivity contribution in [2.45, 2.75) is 6.54 Å². The molecule has 13 heavy (non-hydrogen) atoms. The number of benzene rings is 1. The summed E-state index contributed by atoms with van der Waals surface area (Å²) in [6.07, 6.45) is -1.03. The summed E-state index contributed by atoms with van der Waals surface area (Å²) in [6, 6.07) is 7.25. The molecule has 0 aromatic heterocycles. The third-order valence-electron chi connectivity index (χ3n) is 1.58. The molecule has 4 heteroatoms. The third kappa shape index (κ3) is 3.02. The molecule has 1 aromatic carbocycles. The summed E-state index contributed by atoms with van der Waals surface area (Å²) in [5.41, 5.74) is 0.877. The van der Waals surface area contributed by atoms with Gasteiger partial charge in [0, 0.05) is 6.54 Å². The Morgan fingerprint density at radius 3 is 3.00 bits per heavy atom. The Balaban J connectivity index is 2.61. The molecule has 0 aliphatic carbocycles. The summed E-state index contributed by atoms with van der Waals surface area (Å²) in [7, 11) is 1.57. The van der Waals surface area contributed by atoms with E-state index in [1.165, 1.54) is 0 Å². The minimum Gasteiger partial charge on any atom is -0.497 e. The molecule has 1 amide bonds. The fraction of sp³-hybridized carbons (Fsp3) is 0.222. The van der Waals surface area contributed by atoms with E-state index in [0.717, 1.165) is 11.3 Å². The summed E-state index contributed by atoms with van der Waals surface area (Å²) >= 11 is 0. The van der Waals surface area contributed by atoms with Gasteiger partial charge in [0.25, 0.3) is 0 Å². The predicted molar refractivity (Wildman–Crippen MR) is 47.9 cm³/mol. The van der Waals surface area contributed by atoms with E-state index >= 15 is 0 Å². The van der Waals surface area contributed by atoms with Crippen molar-refractivity contribution in [2.75, 3.05) is 7.11 Å². The quantitative estimate of drug-likeness (QED) is 0.742. The maximum Gasteiger partial charge on any atom is 0.404 e. The first-order chi connectivity index (χ1) is 6.22. The van der Waals surface area contributed by atoms with Crippen molar-refractivity contribution in [3.8, 4) is 5.75 Å². The van der Waals surface area contributed by atoms with E-state index in [1.54, 1.807) is 13.2 Å². The lowest BCUT2D eigenvalue weighted by atomic mass is 10.2. The van der Waals surface area contributed by atoms with E-state index in [2.05, 4.69) is 5.32 Å². The van der Waals surface area contributed by atoms with Gasteiger partial charge in [-0.05, 0) is 17.7 Å². The van der Waals surface area contributed by atoms with Crippen molar-refractivity contribution >= 4 is 6.09 Å². The topological polar surface area (TPSA) is 58.6 Å². The lowest BCUT2D eigenvalue weighted by Gasteiger charge is -2.03. The molecule has 1 rings (SSSR count). The van der Waals surface area contributed by atoms with Gasteiger partial charge in [0.1, 0.15) is 5.75 Å². The highest BCUT2D eigenvalue weighted by Gasteiger charge is 1.97. The third-order valence-corrected chi connectivity index (χ3v) is 1.58. The van der Waals surface area contributed by atoms with E-state index in [9.17, 15) is 4.79 Å². The van der Waals surface area contributed by atoms with Crippen molar-refractivity contribution in [1.82, 2.24) is 5.32 Å². The highest BCUT2D eigenvalue weighted by molar-refractivity contribution is 5.64. The van der Waals surface area contributed by atoms with Crippen LogP contribution in [0.4, 0.5) is 4.79 Å². The van der Waals surface area contributed by atoms with Gasteiger partial charge < -0.3 is 15.2 Å². The minimum absolute atomic E-state index is 0.298. The highest BCUT2D eigenvalue weighted by Crippen LogP contribution is 2.11. The Morgan fingerprint density at radius 1 is 1.62 bits per heavy atom. The fourth-order valence-corrected chi connectivity index (χ4v) is 0.960. The maximum absolute atomic E-state index is 10.2.